The van der Waals surface area contributed by atoms with Crippen LogP contribution in [-0.4, -0.2) is 16.1 Å². The summed E-state index contributed by atoms with van der Waals surface area (Å²) in [6.07, 6.45) is 0. The molecule has 0 N–H and O–H groups in total. The Balaban J connectivity index is 2.87. The standard InChI is InChI=1S/C28H42Si2/c1-27(2,3)29(7,8)21-25(23-17-13-11-14-18-23)26(24-19-15-12-16-20-24)22-30(9,10)28(4,5)6/h11-22H,1-10H3. The summed E-state index contributed by atoms with van der Waals surface area (Å²) >= 11 is 0. The second kappa shape index (κ2) is 8.84. The Labute approximate surface area is 188 Å². The minimum absolute atomic E-state index is 0.297. The molecule has 0 aliphatic heterocycles. The molecule has 0 unspecified atom stereocenters. The highest BCUT2D eigenvalue weighted by molar-refractivity contribution is 6.87. The Bertz CT molecular complexity index is 810. The van der Waals surface area contributed by atoms with Gasteiger partial charge in [0.25, 0.3) is 0 Å². The summed E-state index contributed by atoms with van der Waals surface area (Å²) in [6, 6.07) is 22.0. The first kappa shape index (κ1) is 24.6. The van der Waals surface area contributed by atoms with Crippen LogP contribution in [0.2, 0.25) is 36.3 Å². The Morgan fingerprint density at radius 1 is 0.533 bits per heavy atom. The molecule has 0 saturated carbocycles. The van der Waals surface area contributed by atoms with Gasteiger partial charge in [0.1, 0.15) is 0 Å². The van der Waals surface area contributed by atoms with Crippen LogP contribution in [0.1, 0.15) is 52.7 Å². The predicted octanol–water partition coefficient (Wildman–Crippen LogP) is 9.25. The van der Waals surface area contributed by atoms with Crippen LogP contribution in [-0.2, 0) is 0 Å². The summed E-state index contributed by atoms with van der Waals surface area (Å²) < 4.78 is 0. The van der Waals surface area contributed by atoms with E-state index in [1.165, 1.54) is 22.3 Å². The van der Waals surface area contributed by atoms with Crippen LogP contribution in [0.5, 0.6) is 0 Å². The largest absolute Gasteiger partial charge is 0.0859 e. The molecule has 0 atom stereocenters. The van der Waals surface area contributed by atoms with Crippen molar-refractivity contribution in [1.29, 1.82) is 0 Å². The molecule has 0 amide bonds. The molecule has 0 radical (unpaired) electrons. The minimum atomic E-state index is -1.66. The van der Waals surface area contributed by atoms with Gasteiger partial charge in [-0.05, 0) is 32.3 Å². The van der Waals surface area contributed by atoms with Crippen molar-refractivity contribution in [2.45, 2.75) is 77.8 Å². The molecule has 0 nitrogen and oxygen atoms in total. The van der Waals surface area contributed by atoms with E-state index in [1.54, 1.807) is 0 Å². The van der Waals surface area contributed by atoms with Gasteiger partial charge in [-0.2, -0.15) is 0 Å². The molecule has 0 spiro atoms. The summed E-state index contributed by atoms with van der Waals surface area (Å²) in [6.45, 7) is 24.4. The smallest absolute Gasteiger partial charge is 0.0778 e. The average molecular weight is 435 g/mol. The lowest BCUT2D eigenvalue weighted by molar-refractivity contribution is 0.728. The molecular weight excluding hydrogens is 392 g/mol. The highest BCUT2D eigenvalue weighted by Crippen LogP contribution is 2.44. The third-order valence-corrected chi connectivity index (χ3v) is 17.1. The fraction of sp³-hybridized carbons (Fsp3) is 0.429. The Morgan fingerprint density at radius 3 is 1.03 bits per heavy atom. The van der Waals surface area contributed by atoms with Crippen molar-refractivity contribution in [1.82, 2.24) is 0 Å². The third-order valence-electron chi connectivity index (χ3n) is 7.34. The first-order valence-corrected chi connectivity index (χ1v) is 17.4. The number of benzene rings is 2. The normalized spacial score (nSPS) is 14.7. The van der Waals surface area contributed by atoms with Crippen molar-refractivity contribution in [3.63, 3.8) is 0 Å². The van der Waals surface area contributed by atoms with E-state index in [4.69, 9.17) is 0 Å². The van der Waals surface area contributed by atoms with Crippen LogP contribution in [0.25, 0.3) is 11.1 Å². The minimum Gasteiger partial charge on any atom is -0.0859 e. The molecule has 2 aromatic rings. The molecule has 0 aliphatic rings. The van der Waals surface area contributed by atoms with Gasteiger partial charge in [-0.1, -0.05) is 140 Å². The van der Waals surface area contributed by atoms with Crippen LogP contribution in [0, 0.1) is 0 Å². The van der Waals surface area contributed by atoms with E-state index in [0.717, 1.165) is 0 Å². The molecule has 0 fully saturated rings. The Hall–Kier alpha value is -1.65. The molecule has 0 bridgehead atoms. The van der Waals surface area contributed by atoms with Gasteiger partial charge in [0, 0.05) is 0 Å². The molecular formula is C28H42Si2. The third kappa shape index (κ3) is 5.73. The summed E-state index contributed by atoms with van der Waals surface area (Å²) in [5.41, 5.74) is 10.8. The van der Waals surface area contributed by atoms with Gasteiger partial charge in [0.05, 0.1) is 16.1 Å². The number of hydrogen-bond acceptors (Lipinski definition) is 0. The van der Waals surface area contributed by atoms with E-state index in [2.05, 4.69) is 140 Å². The van der Waals surface area contributed by atoms with Crippen LogP contribution in [0.4, 0.5) is 0 Å². The topological polar surface area (TPSA) is 0 Å². The fourth-order valence-corrected chi connectivity index (χ4v) is 5.98. The van der Waals surface area contributed by atoms with Gasteiger partial charge in [0.15, 0.2) is 0 Å². The van der Waals surface area contributed by atoms with Crippen LogP contribution in [0.3, 0.4) is 0 Å². The van der Waals surface area contributed by atoms with E-state index in [1.807, 2.05) is 0 Å². The Morgan fingerprint density at radius 2 is 0.800 bits per heavy atom. The maximum absolute atomic E-state index is 2.66. The van der Waals surface area contributed by atoms with E-state index >= 15 is 0 Å². The zero-order valence-electron chi connectivity index (χ0n) is 20.9. The molecule has 0 aromatic heterocycles. The van der Waals surface area contributed by atoms with Gasteiger partial charge in [-0.3, -0.25) is 0 Å². The first-order valence-electron chi connectivity index (χ1n) is 11.2. The summed E-state index contributed by atoms with van der Waals surface area (Å²) in [7, 11) is -3.31. The zero-order chi connectivity index (χ0) is 22.8. The van der Waals surface area contributed by atoms with E-state index < -0.39 is 16.1 Å². The van der Waals surface area contributed by atoms with Crippen LogP contribution >= 0.6 is 0 Å². The maximum Gasteiger partial charge on any atom is 0.0778 e. The van der Waals surface area contributed by atoms with E-state index in [9.17, 15) is 0 Å². The van der Waals surface area contributed by atoms with E-state index in [-0.39, 0.29) is 0 Å². The maximum atomic E-state index is 2.66. The molecule has 0 saturated heterocycles. The van der Waals surface area contributed by atoms with Gasteiger partial charge in [-0.25, -0.2) is 0 Å². The molecule has 0 heterocycles. The summed E-state index contributed by atoms with van der Waals surface area (Å²) in [4.78, 5) is 0. The average Bonchev–Trinajstić information content (AvgIpc) is 2.64. The van der Waals surface area contributed by atoms with Crippen molar-refractivity contribution in [3.05, 3.63) is 83.2 Å². The SMILES string of the molecule is CC(C)(C)[Si](C)(C)C=C(C(=C[Si](C)(C)C(C)(C)C)c1ccccc1)c1ccccc1. The summed E-state index contributed by atoms with van der Waals surface area (Å²) in [5, 5.41) is 0.595. The molecule has 0 aliphatic carbocycles. The van der Waals surface area contributed by atoms with Crippen molar-refractivity contribution in [3.8, 4) is 0 Å². The highest BCUT2D eigenvalue weighted by Gasteiger charge is 2.36. The van der Waals surface area contributed by atoms with Crippen molar-refractivity contribution in [2.75, 3.05) is 0 Å². The Kier molecular flexibility index (Phi) is 7.26. The van der Waals surface area contributed by atoms with E-state index in [0.29, 0.717) is 10.1 Å². The second-order valence-corrected chi connectivity index (χ2v) is 22.3. The molecule has 2 aromatic carbocycles. The first-order chi connectivity index (χ1) is 13.7. The number of rotatable bonds is 5. The van der Waals surface area contributed by atoms with Crippen molar-refractivity contribution in [2.24, 2.45) is 0 Å². The quantitative estimate of drug-likeness (QED) is 0.325. The zero-order valence-corrected chi connectivity index (χ0v) is 22.9. The van der Waals surface area contributed by atoms with Gasteiger partial charge < -0.3 is 0 Å². The van der Waals surface area contributed by atoms with Crippen LogP contribution in [0.15, 0.2) is 72.1 Å². The van der Waals surface area contributed by atoms with Crippen LogP contribution < -0.4 is 0 Å². The lowest BCUT2D eigenvalue weighted by Crippen LogP contribution is -2.36. The monoisotopic (exact) mass is 434 g/mol. The van der Waals surface area contributed by atoms with Gasteiger partial charge in [0.2, 0.25) is 0 Å². The van der Waals surface area contributed by atoms with Gasteiger partial charge in [-0.15, -0.1) is 0 Å². The number of hydrogen-bond donors (Lipinski definition) is 0. The highest BCUT2D eigenvalue weighted by atomic mass is 28.3. The van der Waals surface area contributed by atoms with Crippen molar-refractivity contribution >= 4 is 27.3 Å². The summed E-state index contributed by atoms with van der Waals surface area (Å²) in [5.74, 6) is 0. The van der Waals surface area contributed by atoms with Crippen molar-refractivity contribution < 1.29 is 0 Å². The second-order valence-electron chi connectivity index (χ2n) is 11.8. The molecule has 2 heteroatoms. The fourth-order valence-electron chi connectivity index (χ4n) is 3.02. The predicted molar refractivity (Wildman–Crippen MR) is 143 cm³/mol. The molecule has 30 heavy (non-hydrogen) atoms. The lowest BCUT2D eigenvalue weighted by atomic mass is 9.95. The number of allylic oxidation sites excluding steroid dienone is 2. The molecule has 2 rings (SSSR count). The van der Waals surface area contributed by atoms with Gasteiger partial charge >= 0.3 is 0 Å². The lowest BCUT2D eigenvalue weighted by Gasteiger charge is -2.37. The molecule has 162 valence electrons.